The van der Waals surface area contributed by atoms with Gasteiger partial charge in [-0.1, -0.05) is 0 Å². The van der Waals surface area contributed by atoms with Crippen LogP contribution in [0.1, 0.15) is 19.8 Å². The molecule has 1 aromatic carbocycles. The van der Waals surface area contributed by atoms with Crippen LogP contribution in [0.15, 0.2) is 23.1 Å². The van der Waals surface area contributed by atoms with E-state index in [-0.39, 0.29) is 17.5 Å². The topological polar surface area (TPSA) is 92.4 Å². The molecule has 0 fully saturated rings. The van der Waals surface area contributed by atoms with Crippen molar-refractivity contribution in [2.24, 2.45) is 0 Å². The number of rotatable bonds is 6. The van der Waals surface area contributed by atoms with E-state index in [0.717, 1.165) is 19.1 Å². The summed E-state index contributed by atoms with van der Waals surface area (Å²) in [7, 11) is -3.23. The van der Waals surface area contributed by atoms with Crippen LogP contribution in [0, 0.1) is 0 Å². The minimum absolute atomic E-state index is 0.161. The Bertz CT molecular complexity index is 500. The van der Waals surface area contributed by atoms with E-state index < -0.39 is 9.84 Å². The van der Waals surface area contributed by atoms with Gasteiger partial charge in [0.25, 0.3) is 0 Å². The van der Waals surface area contributed by atoms with E-state index in [1.54, 1.807) is 6.07 Å². The number of hydrogen-bond acceptors (Lipinski definition) is 5. The summed E-state index contributed by atoms with van der Waals surface area (Å²) in [5.41, 5.74) is 6.95. The molecule has 0 heterocycles. The summed E-state index contributed by atoms with van der Waals surface area (Å²) >= 11 is 0. The van der Waals surface area contributed by atoms with Crippen LogP contribution >= 0.6 is 0 Å². The first-order valence-corrected chi connectivity index (χ1v) is 7.70. The van der Waals surface area contributed by atoms with Gasteiger partial charge in [0.05, 0.1) is 16.3 Å². The van der Waals surface area contributed by atoms with Gasteiger partial charge in [-0.3, -0.25) is 0 Å². The Morgan fingerprint density at radius 1 is 1.44 bits per heavy atom. The lowest BCUT2D eigenvalue weighted by atomic mass is 10.1. The molecule has 5 nitrogen and oxygen atoms in total. The average molecular weight is 272 g/mol. The van der Waals surface area contributed by atoms with Gasteiger partial charge < -0.3 is 16.2 Å². The van der Waals surface area contributed by atoms with Crippen molar-refractivity contribution in [3.63, 3.8) is 0 Å². The van der Waals surface area contributed by atoms with E-state index in [4.69, 9.17) is 10.8 Å². The summed E-state index contributed by atoms with van der Waals surface area (Å²) in [6, 6.07) is 4.83. The lowest BCUT2D eigenvalue weighted by molar-refractivity contribution is 0.282. The normalized spacial score (nSPS) is 13.3. The summed E-state index contributed by atoms with van der Waals surface area (Å²) in [6.45, 7) is 2.15. The fourth-order valence-electron chi connectivity index (χ4n) is 1.64. The summed E-state index contributed by atoms with van der Waals surface area (Å²) in [4.78, 5) is 0.216. The third-order valence-electron chi connectivity index (χ3n) is 2.65. The van der Waals surface area contributed by atoms with Gasteiger partial charge in [0.15, 0.2) is 9.84 Å². The molecule has 0 saturated carbocycles. The highest BCUT2D eigenvalue weighted by atomic mass is 32.2. The van der Waals surface area contributed by atoms with Crippen LogP contribution in [0.4, 0.5) is 11.4 Å². The number of aliphatic hydroxyl groups excluding tert-OH is 1. The van der Waals surface area contributed by atoms with Gasteiger partial charge >= 0.3 is 0 Å². The van der Waals surface area contributed by atoms with Gasteiger partial charge in [-0.2, -0.15) is 0 Å². The minimum Gasteiger partial charge on any atom is -0.397 e. The summed E-state index contributed by atoms with van der Waals surface area (Å²) in [5, 5.41) is 11.9. The number of nitrogens with two attached hydrogens (primary N) is 1. The number of anilines is 2. The molecule has 0 aliphatic carbocycles. The van der Waals surface area contributed by atoms with Gasteiger partial charge in [-0.15, -0.1) is 0 Å². The van der Waals surface area contributed by atoms with Crippen molar-refractivity contribution in [2.45, 2.75) is 30.7 Å². The molecule has 0 saturated heterocycles. The van der Waals surface area contributed by atoms with E-state index in [9.17, 15) is 8.42 Å². The van der Waals surface area contributed by atoms with Crippen molar-refractivity contribution >= 4 is 21.2 Å². The zero-order valence-electron chi connectivity index (χ0n) is 10.7. The molecule has 0 aliphatic rings. The minimum atomic E-state index is -3.23. The third-order valence-corrected chi connectivity index (χ3v) is 3.76. The molecule has 1 unspecified atom stereocenters. The van der Waals surface area contributed by atoms with Crippen LogP contribution in [0.3, 0.4) is 0 Å². The van der Waals surface area contributed by atoms with Crippen molar-refractivity contribution in [1.82, 2.24) is 0 Å². The predicted molar refractivity (Wildman–Crippen MR) is 73.4 cm³/mol. The first-order valence-electron chi connectivity index (χ1n) is 5.81. The molecule has 1 aromatic rings. The molecule has 102 valence electrons. The Hall–Kier alpha value is -1.27. The molecule has 4 N–H and O–H groups in total. The molecule has 6 heteroatoms. The number of nitrogen functional groups attached to an aromatic ring is 1. The molecule has 0 spiro atoms. The highest BCUT2D eigenvalue weighted by molar-refractivity contribution is 7.90. The second-order valence-electron chi connectivity index (χ2n) is 4.43. The lowest BCUT2D eigenvalue weighted by Crippen LogP contribution is -2.16. The largest absolute Gasteiger partial charge is 0.397 e. The number of nitrogens with one attached hydrogen (secondary N) is 1. The molecule has 1 rings (SSSR count). The highest BCUT2D eigenvalue weighted by Gasteiger charge is 2.10. The maximum Gasteiger partial charge on any atom is 0.175 e. The van der Waals surface area contributed by atoms with Gasteiger partial charge in [0.1, 0.15) is 0 Å². The second-order valence-corrected chi connectivity index (χ2v) is 6.45. The van der Waals surface area contributed by atoms with Crippen LogP contribution in [-0.4, -0.2) is 32.4 Å². The highest BCUT2D eigenvalue weighted by Crippen LogP contribution is 2.23. The van der Waals surface area contributed by atoms with Crippen LogP contribution < -0.4 is 11.1 Å². The van der Waals surface area contributed by atoms with Crippen LogP contribution in [0.25, 0.3) is 0 Å². The molecular formula is C12H20N2O3S. The fourth-order valence-corrected chi connectivity index (χ4v) is 2.29. The molecule has 0 radical (unpaired) electrons. The van der Waals surface area contributed by atoms with Crippen molar-refractivity contribution < 1.29 is 13.5 Å². The first-order chi connectivity index (χ1) is 8.34. The first kappa shape index (κ1) is 14.8. The Labute approximate surface area is 108 Å². The van der Waals surface area contributed by atoms with Crippen molar-refractivity contribution in [3.8, 4) is 0 Å². The summed E-state index contributed by atoms with van der Waals surface area (Å²) in [5.74, 6) is 0. The Kier molecular flexibility index (Phi) is 4.98. The molecular weight excluding hydrogens is 252 g/mol. The van der Waals surface area contributed by atoms with E-state index >= 15 is 0 Å². The van der Waals surface area contributed by atoms with Crippen molar-refractivity contribution in [1.29, 1.82) is 0 Å². The number of sulfone groups is 1. The number of benzene rings is 1. The van der Waals surface area contributed by atoms with E-state index in [0.29, 0.717) is 11.4 Å². The van der Waals surface area contributed by atoms with Gasteiger partial charge in [-0.25, -0.2) is 8.42 Å². The quantitative estimate of drug-likeness (QED) is 0.678. The van der Waals surface area contributed by atoms with Crippen LogP contribution in [0.5, 0.6) is 0 Å². The van der Waals surface area contributed by atoms with Crippen molar-refractivity contribution in [2.75, 3.05) is 23.9 Å². The van der Waals surface area contributed by atoms with Crippen LogP contribution in [-0.2, 0) is 9.84 Å². The second kappa shape index (κ2) is 6.06. The fraction of sp³-hybridized carbons (Fsp3) is 0.500. The average Bonchev–Trinajstić information content (AvgIpc) is 2.27. The number of hydrogen-bond donors (Lipinski definition) is 3. The van der Waals surface area contributed by atoms with Crippen LogP contribution in [0.2, 0.25) is 0 Å². The van der Waals surface area contributed by atoms with E-state index in [1.807, 2.05) is 6.92 Å². The predicted octanol–water partition coefficient (Wildman–Crippen LogP) is 1.25. The van der Waals surface area contributed by atoms with Gasteiger partial charge in [-0.05, 0) is 38.0 Å². The molecule has 0 aromatic heterocycles. The van der Waals surface area contributed by atoms with Gasteiger partial charge in [0.2, 0.25) is 0 Å². The maximum atomic E-state index is 11.4. The Balaban J connectivity index is 2.80. The molecule has 0 bridgehead atoms. The molecule has 0 amide bonds. The zero-order valence-corrected chi connectivity index (χ0v) is 11.5. The Morgan fingerprint density at radius 2 is 2.11 bits per heavy atom. The third kappa shape index (κ3) is 4.19. The molecule has 1 atom stereocenters. The van der Waals surface area contributed by atoms with Crippen molar-refractivity contribution in [3.05, 3.63) is 18.2 Å². The lowest BCUT2D eigenvalue weighted by Gasteiger charge is -2.16. The van der Waals surface area contributed by atoms with E-state index in [1.165, 1.54) is 12.1 Å². The van der Waals surface area contributed by atoms with Gasteiger partial charge in [0, 0.05) is 18.9 Å². The smallest absolute Gasteiger partial charge is 0.175 e. The maximum absolute atomic E-state index is 11.4. The zero-order chi connectivity index (χ0) is 13.8. The van der Waals surface area contributed by atoms with E-state index in [2.05, 4.69) is 5.32 Å². The molecule has 0 aliphatic heterocycles. The number of aliphatic hydroxyl groups is 1. The molecule has 18 heavy (non-hydrogen) atoms. The SMILES string of the molecule is CC(CCCO)Nc1ccc(S(C)(=O)=O)cc1N. The monoisotopic (exact) mass is 272 g/mol. The summed E-state index contributed by atoms with van der Waals surface area (Å²) in [6.07, 6.45) is 2.69. The standard InChI is InChI=1S/C12H20N2O3S/c1-9(4-3-7-15)14-12-6-5-10(8-11(12)13)18(2,16)17/h5-6,8-9,14-15H,3-4,7,13H2,1-2H3. The Morgan fingerprint density at radius 3 is 2.61 bits per heavy atom. The summed E-state index contributed by atoms with van der Waals surface area (Å²) < 4.78 is 22.7.